The average molecular weight is 1400 g/mol. The van der Waals surface area contributed by atoms with Gasteiger partial charge in [-0.2, -0.15) is 0 Å². The molecule has 0 fully saturated rings. The van der Waals surface area contributed by atoms with E-state index in [1.165, 1.54) is 0 Å². The molecule has 20 aromatic rings. The zero-order chi connectivity index (χ0) is 72.7. The van der Waals surface area contributed by atoms with Crippen LogP contribution >= 0.6 is 0 Å². The highest BCUT2D eigenvalue weighted by Crippen LogP contribution is 2.58. The molecule has 0 aliphatic heterocycles. The van der Waals surface area contributed by atoms with Crippen molar-refractivity contribution in [1.29, 1.82) is 0 Å². The lowest BCUT2D eigenvalue weighted by molar-refractivity contribution is 1.19. The average Bonchev–Trinajstić information content (AvgIpc) is 0.694. The van der Waals surface area contributed by atoms with Crippen LogP contribution < -0.4 is 19.6 Å². The summed E-state index contributed by atoms with van der Waals surface area (Å²) in [4.78, 5) is 89.1. The number of rotatable bonds is 12. The Hall–Kier alpha value is -14.4. The molecule has 0 saturated heterocycles. The monoisotopic (exact) mass is 1400 g/mol. The number of hydrogen-bond acceptors (Lipinski definition) is 20. The first-order valence-electron chi connectivity index (χ1n) is 35.6. The first kappa shape index (κ1) is 63.3. The summed E-state index contributed by atoms with van der Waals surface area (Å²) < 4.78 is 0. The van der Waals surface area contributed by atoms with E-state index in [1.807, 2.05) is 0 Å². The SMILES string of the molecule is Cc1c(N(c2ccc3nccnc3c2C)c2cc(N(c3ccc4nccnc4c3C)c3ccc4nccnc4c3C)c3ccc4c(N(c5ccc6nccnc6c5C)c5ccc6nccnc6c5C)cc(N(c5ccc6nccnc6c5C)c5ccc6nccnc6c5C)c5ccc2c3c54)ccc2nccnc12. The van der Waals surface area contributed by atoms with Crippen LogP contribution in [0, 0.1) is 55.4 Å². The minimum Gasteiger partial charge on any atom is -0.309 e. The van der Waals surface area contributed by atoms with Crippen LogP contribution in [0.15, 0.2) is 233 Å². The highest BCUT2D eigenvalue weighted by atomic mass is 15.2. The van der Waals surface area contributed by atoms with Crippen molar-refractivity contribution in [1.82, 2.24) is 79.7 Å². The van der Waals surface area contributed by atoms with Crippen LogP contribution in [0.25, 0.3) is 121 Å². The van der Waals surface area contributed by atoms with E-state index in [0.29, 0.717) is 0 Å². The molecule has 0 aliphatic carbocycles. The van der Waals surface area contributed by atoms with Gasteiger partial charge in [0.05, 0.1) is 157 Å². The highest BCUT2D eigenvalue weighted by molar-refractivity contribution is 6.33. The second kappa shape index (κ2) is 24.6. The Kier molecular flexibility index (Phi) is 14.4. The molecular weight excluding hydrogens is 1340 g/mol. The number of benzene rings is 12. The molecule has 0 atom stereocenters. The van der Waals surface area contributed by atoms with Crippen LogP contribution in [0.3, 0.4) is 0 Å². The van der Waals surface area contributed by atoms with Gasteiger partial charge in [0.15, 0.2) is 0 Å². The first-order chi connectivity index (χ1) is 52.9. The summed E-state index contributed by atoms with van der Waals surface area (Å²) >= 11 is 0. The summed E-state index contributed by atoms with van der Waals surface area (Å²) in [6, 6.07) is 47.9. The van der Waals surface area contributed by atoms with Crippen LogP contribution in [-0.2, 0) is 0 Å². The van der Waals surface area contributed by atoms with E-state index >= 15 is 0 Å². The standard InChI is InChI=1S/C88H62N20/c1-47-67(21-13-59-81(47)97-37-29-89-59)105(68-22-14-60-82(48(68)2)98-38-30-90-60)75-45-76(106(69-23-15-61-83(49(69)3)99-39-31-91-61)70-24-16-62-84(50(70)4)100-40-32-92-62)56-11-12-58-78(108(73-27-19-65-87(53(73)7)103-43-35-95-65)74-28-20-66-88(54(74)8)104-44-36-96-66)46-77(57-10-9-55(75)79(56)80(57)58)107(71-25-17-63-85(51(71)5)101-41-33-93-63)72-26-18-64-86(52(72)6)102-42-34-94-64/h9-46H,1-8H3. The molecule has 0 spiro atoms. The van der Waals surface area contributed by atoms with Crippen molar-refractivity contribution in [3.8, 4) is 0 Å². The van der Waals surface area contributed by atoms with Crippen molar-refractivity contribution in [3.63, 3.8) is 0 Å². The lowest BCUT2D eigenvalue weighted by Gasteiger charge is -2.36. The Balaban J connectivity index is 1.02. The Morgan fingerprint density at radius 2 is 0.296 bits per heavy atom. The number of hydrogen-bond donors (Lipinski definition) is 0. The molecule has 20 nitrogen and oxygen atoms in total. The molecule has 514 valence electrons. The van der Waals surface area contributed by atoms with E-state index in [0.717, 1.165) is 233 Å². The number of aryl methyl sites for hydroxylation is 8. The Morgan fingerprint density at radius 1 is 0.157 bits per heavy atom. The maximum absolute atomic E-state index is 5.07. The van der Waals surface area contributed by atoms with Gasteiger partial charge in [-0.15, -0.1) is 0 Å². The molecule has 12 aromatic carbocycles. The number of fused-ring (bicyclic) bond motifs is 8. The third kappa shape index (κ3) is 9.62. The van der Waals surface area contributed by atoms with Gasteiger partial charge >= 0.3 is 0 Å². The van der Waals surface area contributed by atoms with Crippen LogP contribution in [0.2, 0.25) is 0 Å². The molecule has 0 radical (unpaired) electrons. The van der Waals surface area contributed by atoms with E-state index in [2.05, 4.69) is 208 Å². The van der Waals surface area contributed by atoms with Gasteiger partial charge in [-0.1, -0.05) is 24.3 Å². The van der Waals surface area contributed by atoms with Crippen LogP contribution in [0.4, 0.5) is 68.2 Å². The van der Waals surface area contributed by atoms with Crippen LogP contribution in [0.5, 0.6) is 0 Å². The molecule has 0 amide bonds. The van der Waals surface area contributed by atoms with E-state index in [1.54, 1.807) is 99.1 Å². The second-order valence-corrected chi connectivity index (χ2v) is 27.3. The Bertz CT molecular complexity index is 6010. The Morgan fingerprint density at radius 3 is 0.444 bits per heavy atom. The normalized spacial score (nSPS) is 11.9. The van der Waals surface area contributed by atoms with E-state index < -0.39 is 0 Å². The Labute approximate surface area is 617 Å². The van der Waals surface area contributed by atoms with Gasteiger partial charge in [0.1, 0.15) is 0 Å². The van der Waals surface area contributed by atoms with Gasteiger partial charge in [-0.3, -0.25) is 79.7 Å². The number of anilines is 12. The lowest BCUT2D eigenvalue weighted by Crippen LogP contribution is -2.18. The van der Waals surface area contributed by atoms with Crippen LogP contribution in [0.1, 0.15) is 44.5 Å². The number of nitrogens with zero attached hydrogens (tertiary/aromatic N) is 20. The van der Waals surface area contributed by atoms with Gasteiger partial charge < -0.3 is 19.6 Å². The van der Waals surface area contributed by atoms with Crippen LogP contribution in [-0.4, -0.2) is 79.7 Å². The second-order valence-electron chi connectivity index (χ2n) is 27.3. The largest absolute Gasteiger partial charge is 0.309 e. The summed E-state index contributed by atoms with van der Waals surface area (Å²) in [6.45, 7) is 17.1. The predicted octanol–water partition coefficient (Wildman–Crippen LogP) is 20.5. The third-order valence-corrected chi connectivity index (χ3v) is 21.6. The van der Waals surface area contributed by atoms with Gasteiger partial charge in [-0.25, -0.2) is 0 Å². The zero-order valence-corrected chi connectivity index (χ0v) is 59.9. The highest BCUT2D eigenvalue weighted by Gasteiger charge is 2.34. The van der Waals surface area contributed by atoms with Gasteiger partial charge in [0.2, 0.25) is 0 Å². The third-order valence-electron chi connectivity index (χ3n) is 21.6. The van der Waals surface area contributed by atoms with E-state index in [9.17, 15) is 0 Å². The maximum atomic E-state index is 5.07. The lowest BCUT2D eigenvalue weighted by atomic mass is 9.88. The van der Waals surface area contributed by atoms with Gasteiger partial charge in [0, 0.05) is 176 Å². The van der Waals surface area contributed by atoms with Crippen molar-refractivity contribution in [2.45, 2.75) is 55.4 Å². The summed E-state index contributed by atoms with van der Waals surface area (Å²) in [5, 5.41) is 5.69. The van der Waals surface area contributed by atoms with E-state index in [4.69, 9.17) is 79.7 Å². The quantitative estimate of drug-likeness (QED) is 0.104. The van der Waals surface area contributed by atoms with Crippen molar-refractivity contribution in [3.05, 3.63) is 277 Å². The van der Waals surface area contributed by atoms with Gasteiger partial charge in [-0.05, 0) is 165 Å². The number of aromatic nitrogens is 16. The summed E-state index contributed by atoms with van der Waals surface area (Å²) in [5.74, 6) is 0. The molecule has 8 aromatic heterocycles. The molecule has 0 aliphatic rings. The fraction of sp³-hybridized carbons (Fsp3) is 0.0909. The fourth-order valence-corrected chi connectivity index (χ4v) is 16.5. The molecule has 8 heterocycles. The van der Waals surface area contributed by atoms with Gasteiger partial charge in [0.25, 0.3) is 0 Å². The fourth-order valence-electron chi connectivity index (χ4n) is 16.5. The van der Waals surface area contributed by atoms with E-state index in [-0.39, 0.29) is 0 Å². The topological polar surface area (TPSA) is 219 Å². The molecular formula is C88H62N20. The summed E-state index contributed by atoms with van der Waals surface area (Å²) in [6.07, 6.45) is 28.1. The summed E-state index contributed by atoms with van der Waals surface area (Å²) in [7, 11) is 0. The molecule has 0 saturated carbocycles. The summed E-state index contributed by atoms with van der Waals surface area (Å²) in [5.41, 5.74) is 30.1. The zero-order valence-electron chi connectivity index (χ0n) is 59.9. The molecule has 20 rings (SSSR count). The van der Waals surface area contributed by atoms with Crippen molar-refractivity contribution in [2.24, 2.45) is 0 Å². The maximum Gasteiger partial charge on any atom is 0.0936 e. The first-order valence-corrected chi connectivity index (χ1v) is 35.6. The molecule has 108 heavy (non-hydrogen) atoms. The van der Waals surface area contributed by atoms with Crippen molar-refractivity contribution in [2.75, 3.05) is 19.6 Å². The predicted molar refractivity (Wildman–Crippen MR) is 432 cm³/mol. The van der Waals surface area contributed by atoms with Crippen molar-refractivity contribution < 1.29 is 0 Å². The minimum absolute atomic E-state index is 0.767. The minimum atomic E-state index is 0.767. The smallest absolute Gasteiger partial charge is 0.0936 e. The molecule has 20 heteroatoms. The molecule has 0 bridgehead atoms. The molecule has 0 N–H and O–H groups in total. The molecule has 0 unspecified atom stereocenters. The van der Waals surface area contributed by atoms with Crippen molar-refractivity contribution >= 4 is 189 Å².